The monoisotopic (exact) mass is 268 g/mol. The number of aliphatic carboxylic acids is 1. The van der Waals surface area contributed by atoms with Gasteiger partial charge in [-0.25, -0.2) is 9.59 Å². The van der Waals surface area contributed by atoms with E-state index in [2.05, 4.69) is 13.8 Å². The van der Waals surface area contributed by atoms with Crippen molar-refractivity contribution in [1.82, 2.24) is 9.80 Å². The summed E-state index contributed by atoms with van der Waals surface area (Å²) in [5, 5.41) is 9.39. The van der Waals surface area contributed by atoms with Gasteiger partial charge in [-0.15, -0.1) is 0 Å². The Morgan fingerprint density at radius 1 is 1.21 bits per heavy atom. The van der Waals surface area contributed by atoms with Crippen molar-refractivity contribution < 1.29 is 14.7 Å². The van der Waals surface area contributed by atoms with Gasteiger partial charge in [0.25, 0.3) is 0 Å². The Bertz CT molecular complexity index is 381. The van der Waals surface area contributed by atoms with E-state index in [1.807, 2.05) is 11.8 Å². The van der Waals surface area contributed by atoms with Gasteiger partial charge in [0, 0.05) is 18.6 Å². The third-order valence-corrected chi connectivity index (χ3v) is 4.56. The number of nitrogens with zero attached hydrogens (tertiary/aromatic N) is 2. The minimum absolute atomic E-state index is 0.0286. The highest BCUT2D eigenvalue weighted by molar-refractivity contribution is 5.83. The van der Waals surface area contributed by atoms with Gasteiger partial charge in [0.1, 0.15) is 6.04 Å². The molecule has 0 aromatic heterocycles. The number of carbonyl (C=O) groups excluding carboxylic acids is 1. The van der Waals surface area contributed by atoms with Crippen molar-refractivity contribution in [2.75, 3.05) is 13.1 Å². The number of piperidine rings is 1. The molecule has 2 heterocycles. The number of rotatable bonds is 1. The van der Waals surface area contributed by atoms with Crippen molar-refractivity contribution in [2.24, 2.45) is 5.92 Å². The lowest BCUT2D eigenvalue weighted by molar-refractivity contribution is -0.145. The van der Waals surface area contributed by atoms with Crippen LogP contribution in [0.4, 0.5) is 4.79 Å². The molecule has 0 radical (unpaired) electrons. The first-order valence-corrected chi connectivity index (χ1v) is 7.15. The average molecular weight is 268 g/mol. The van der Waals surface area contributed by atoms with Gasteiger partial charge in [-0.05, 0) is 45.4 Å². The molecule has 0 aliphatic carbocycles. The zero-order chi connectivity index (χ0) is 14.2. The molecule has 2 fully saturated rings. The Kier molecular flexibility index (Phi) is 3.74. The summed E-state index contributed by atoms with van der Waals surface area (Å²) in [6.07, 6.45) is 3.76. The maximum absolute atomic E-state index is 12.7. The molecule has 2 atom stereocenters. The second-order valence-electron chi connectivity index (χ2n) is 6.45. The molecule has 108 valence electrons. The normalized spacial score (nSPS) is 30.5. The number of carboxylic acids is 1. The third kappa shape index (κ3) is 2.55. The average Bonchev–Trinajstić information content (AvgIpc) is 2.67. The highest BCUT2D eigenvalue weighted by atomic mass is 16.4. The molecule has 0 spiro atoms. The number of hydrogen-bond acceptors (Lipinski definition) is 2. The number of likely N-dealkylation sites (tertiary alicyclic amines) is 2. The van der Waals surface area contributed by atoms with Gasteiger partial charge in [-0.2, -0.15) is 0 Å². The van der Waals surface area contributed by atoms with E-state index in [-0.39, 0.29) is 17.5 Å². The quantitative estimate of drug-likeness (QED) is 0.792. The van der Waals surface area contributed by atoms with Gasteiger partial charge >= 0.3 is 12.0 Å². The third-order valence-electron chi connectivity index (χ3n) is 4.56. The Hall–Kier alpha value is -1.26. The van der Waals surface area contributed by atoms with Crippen molar-refractivity contribution in [2.45, 2.75) is 58.0 Å². The zero-order valence-electron chi connectivity index (χ0n) is 12.1. The molecule has 2 unspecified atom stereocenters. The lowest BCUT2D eigenvalue weighted by Gasteiger charge is -2.42. The van der Waals surface area contributed by atoms with Gasteiger partial charge in [0.2, 0.25) is 0 Å². The van der Waals surface area contributed by atoms with Crippen LogP contribution in [0.1, 0.15) is 46.5 Å². The van der Waals surface area contributed by atoms with Gasteiger partial charge in [-0.3, -0.25) is 0 Å². The van der Waals surface area contributed by atoms with Crippen LogP contribution in [-0.2, 0) is 4.79 Å². The minimum atomic E-state index is -0.877. The standard InChI is InChI=1S/C14H24N2O3/c1-10-6-4-8-15(11(10)12(17)18)13(19)16-9-5-7-14(16,2)3/h10-11H,4-9H2,1-3H3,(H,17,18). The van der Waals surface area contributed by atoms with Crippen LogP contribution in [0, 0.1) is 5.92 Å². The molecule has 2 aliphatic heterocycles. The van der Waals surface area contributed by atoms with Gasteiger partial charge < -0.3 is 14.9 Å². The summed E-state index contributed by atoms with van der Waals surface area (Å²) in [4.78, 5) is 27.5. The van der Waals surface area contributed by atoms with Crippen LogP contribution in [0.15, 0.2) is 0 Å². The fraction of sp³-hybridized carbons (Fsp3) is 0.857. The lowest BCUT2D eigenvalue weighted by Crippen LogP contribution is -2.58. The number of amides is 2. The van der Waals surface area contributed by atoms with Crippen LogP contribution >= 0.6 is 0 Å². The second kappa shape index (κ2) is 5.02. The van der Waals surface area contributed by atoms with Crippen LogP contribution in [0.2, 0.25) is 0 Å². The molecule has 5 nitrogen and oxygen atoms in total. The van der Waals surface area contributed by atoms with E-state index in [9.17, 15) is 14.7 Å². The SMILES string of the molecule is CC1CCCN(C(=O)N2CCCC2(C)C)C1C(=O)O. The van der Waals surface area contributed by atoms with E-state index in [1.165, 1.54) is 0 Å². The van der Waals surface area contributed by atoms with E-state index >= 15 is 0 Å². The second-order valence-corrected chi connectivity index (χ2v) is 6.45. The summed E-state index contributed by atoms with van der Waals surface area (Å²) in [5.41, 5.74) is -0.152. The summed E-state index contributed by atoms with van der Waals surface area (Å²) >= 11 is 0. The van der Waals surface area contributed by atoms with Crippen molar-refractivity contribution >= 4 is 12.0 Å². The maximum atomic E-state index is 12.7. The Labute approximate surface area is 114 Å². The molecular formula is C14H24N2O3. The van der Waals surface area contributed by atoms with Gasteiger partial charge in [0.05, 0.1) is 0 Å². The van der Waals surface area contributed by atoms with E-state index in [1.54, 1.807) is 4.90 Å². The number of hydrogen-bond donors (Lipinski definition) is 1. The molecule has 5 heteroatoms. The van der Waals surface area contributed by atoms with Gasteiger partial charge in [0.15, 0.2) is 0 Å². The van der Waals surface area contributed by atoms with Crippen molar-refractivity contribution in [3.8, 4) is 0 Å². The molecule has 0 bridgehead atoms. The van der Waals surface area contributed by atoms with Crippen LogP contribution in [-0.4, -0.2) is 51.6 Å². The van der Waals surface area contributed by atoms with Crippen LogP contribution in [0.25, 0.3) is 0 Å². The molecule has 0 saturated carbocycles. The Balaban J connectivity index is 2.19. The first-order valence-electron chi connectivity index (χ1n) is 7.15. The van der Waals surface area contributed by atoms with E-state index < -0.39 is 12.0 Å². The number of carbonyl (C=O) groups is 2. The van der Waals surface area contributed by atoms with Crippen LogP contribution in [0.3, 0.4) is 0 Å². The summed E-state index contributed by atoms with van der Waals surface area (Å²) in [7, 11) is 0. The molecule has 2 saturated heterocycles. The largest absolute Gasteiger partial charge is 0.480 e. The van der Waals surface area contributed by atoms with Crippen molar-refractivity contribution in [3.63, 3.8) is 0 Å². The molecule has 2 aliphatic rings. The highest BCUT2D eigenvalue weighted by Crippen LogP contribution is 2.32. The fourth-order valence-corrected chi connectivity index (χ4v) is 3.40. The van der Waals surface area contributed by atoms with E-state index in [4.69, 9.17) is 0 Å². The molecular weight excluding hydrogens is 244 g/mol. The van der Waals surface area contributed by atoms with Crippen LogP contribution < -0.4 is 0 Å². The lowest BCUT2D eigenvalue weighted by atomic mass is 9.91. The smallest absolute Gasteiger partial charge is 0.326 e. The van der Waals surface area contributed by atoms with Crippen molar-refractivity contribution in [1.29, 1.82) is 0 Å². The molecule has 1 N–H and O–H groups in total. The Morgan fingerprint density at radius 2 is 1.89 bits per heavy atom. The summed E-state index contributed by atoms with van der Waals surface area (Å²) < 4.78 is 0. The first kappa shape index (κ1) is 14.2. The van der Waals surface area contributed by atoms with Crippen LogP contribution in [0.5, 0.6) is 0 Å². The van der Waals surface area contributed by atoms with E-state index in [0.717, 1.165) is 32.2 Å². The number of carboxylic acid groups (broad SMARTS) is 1. The highest BCUT2D eigenvalue weighted by Gasteiger charge is 2.43. The maximum Gasteiger partial charge on any atom is 0.326 e. The molecule has 0 aromatic rings. The fourth-order valence-electron chi connectivity index (χ4n) is 3.40. The summed E-state index contributed by atoms with van der Waals surface area (Å²) in [5.74, 6) is -0.849. The topological polar surface area (TPSA) is 60.9 Å². The molecule has 2 amide bonds. The number of urea groups is 1. The molecule has 19 heavy (non-hydrogen) atoms. The van der Waals surface area contributed by atoms with E-state index in [0.29, 0.717) is 6.54 Å². The first-order chi connectivity index (χ1) is 8.84. The van der Waals surface area contributed by atoms with Crippen molar-refractivity contribution in [3.05, 3.63) is 0 Å². The summed E-state index contributed by atoms with van der Waals surface area (Å²) in [6, 6.07) is -0.765. The Morgan fingerprint density at radius 3 is 2.42 bits per heavy atom. The van der Waals surface area contributed by atoms with Gasteiger partial charge in [-0.1, -0.05) is 6.92 Å². The molecule has 2 rings (SSSR count). The predicted octanol–water partition coefficient (Wildman–Crippen LogP) is 2.17. The minimum Gasteiger partial charge on any atom is -0.480 e. The molecule has 0 aromatic carbocycles. The predicted molar refractivity (Wildman–Crippen MR) is 71.9 cm³/mol. The zero-order valence-corrected chi connectivity index (χ0v) is 12.1. The summed E-state index contributed by atoms with van der Waals surface area (Å²) in [6.45, 7) is 7.34.